The third-order valence-electron chi connectivity index (χ3n) is 7.55. The van der Waals surface area contributed by atoms with Crippen molar-refractivity contribution in [3.05, 3.63) is 76.1 Å². The second-order valence-corrected chi connectivity index (χ2v) is 11.9. The van der Waals surface area contributed by atoms with E-state index in [2.05, 4.69) is 32.6 Å². The molecule has 0 atom stereocenters. The van der Waals surface area contributed by atoms with E-state index < -0.39 is 5.92 Å². The van der Waals surface area contributed by atoms with Crippen molar-refractivity contribution >= 4 is 17.3 Å². The number of Topliss-reactive ketones (excluding diaryl/α,β-unsaturated/α-hetero) is 2. The molecular weight excluding hydrogens is 438 g/mol. The standard InChI is InChI=1S/C30H33NO4/c1-17-9-11-18(12-10-17)31-19-13-29(2,3)15-23(34)25(19)28(27-21(32)7-6-8-22(27)33)26-20(31)14-30(4,5)16-24(26)35/h6-12,28,32-33H,13-16H2,1-5H3. The number of carbonyl (C=O) groups is 2. The first-order valence-electron chi connectivity index (χ1n) is 12.3. The van der Waals surface area contributed by atoms with Crippen LogP contribution in [0.4, 0.5) is 5.69 Å². The van der Waals surface area contributed by atoms with E-state index in [4.69, 9.17) is 0 Å². The maximum Gasteiger partial charge on any atom is 0.162 e. The van der Waals surface area contributed by atoms with Gasteiger partial charge in [-0.25, -0.2) is 0 Å². The number of benzene rings is 2. The fourth-order valence-corrected chi connectivity index (χ4v) is 6.10. The van der Waals surface area contributed by atoms with E-state index in [-0.39, 0.29) is 39.5 Å². The highest BCUT2D eigenvalue weighted by molar-refractivity contribution is 6.08. The number of carbonyl (C=O) groups excluding carboxylic acids is 2. The van der Waals surface area contributed by atoms with Crippen LogP contribution in [0.3, 0.4) is 0 Å². The molecule has 2 aliphatic carbocycles. The van der Waals surface area contributed by atoms with Crippen LogP contribution in [-0.4, -0.2) is 21.8 Å². The Morgan fingerprint density at radius 3 is 1.66 bits per heavy atom. The molecule has 0 aromatic heterocycles. The molecule has 0 saturated heterocycles. The molecule has 182 valence electrons. The van der Waals surface area contributed by atoms with Gasteiger partial charge in [0, 0.05) is 46.6 Å². The summed E-state index contributed by atoms with van der Waals surface area (Å²) in [5.41, 5.74) is 4.57. The molecule has 35 heavy (non-hydrogen) atoms. The van der Waals surface area contributed by atoms with E-state index in [0.717, 1.165) is 22.6 Å². The summed E-state index contributed by atoms with van der Waals surface area (Å²) in [5.74, 6) is -1.06. The Bertz CT molecular complexity index is 1240. The number of phenolic OH excluding ortho intramolecular Hbond substituents is 2. The predicted octanol–water partition coefficient (Wildman–Crippen LogP) is 6.30. The number of phenols is 2. The minimum absolute atomic E-state index is 0.0369. The summed E-state index contributed by atoms with van der Waals surface area (Å²) < 4.78 is 0. The monoisotopic (exact) mass is 471 g/mol. The molecule has 0 amide bonds. The van der Waals surface area contributed by atoms with Gasteiger partial charge in [-0.05, 0) is 54.9 Å². The van der Waals surface area contributed by atoms with Crippen LogP contribution < -0.4 is 4.90 Å². The van der Waals surface area contributed by atoms with Gasteiger partial charge >= 0.3 is 0 Å². The number of ketones is 2. The fourth-order valence-electron chi connectivity index (χ4n) is 6.10. The van der Waals surface area contributed by atoms with Crippen molar-refractivity contribution in [1.82, 2.24) is 0 Å². The minimum atomic E-state index is -0.782. The van der Waals surface area contributed by atoms with Crippen molar-refractivity contribution in [1.29, 1.82) is 0 Å². The third-order valence-corrected chi connectivity index (χ3v) is 7.55. The third kappa shape index (κ3) is 3.87. The van der Waals surface area contributed by atoms with Gasteiger partial charge in [-0.1, -0.05) is 51.5 Å². The Balaban J connectivity index is 1.87. The van der Waals surface area contributed by atoms with Crippen molar-refractivity contribution < 1.29 is 19.8 Å². The van der Waals surface area contributed by atoms with Gasteiger partial charge in [0.2, 0.25) is 0 Å². The Hall–Kier alpha value is -3.34. The Labute approximate surface area is 206 Å². The van der Waals surface area contributed by atoms with Gasteiger partial charge in [-0.3, -0.25) is 9.59 Å². The molecule has 0 fully saturated rings. The summed E-state index contributed by atoms with van der Waals surface area (Å²) in [7, 11) is 0. The van der Waals surface area contributed by atoms with Crippen molar-refractivity contribution in [2.24, 2.45) is 10.8 Å². The minimum Gasteiger partial charge on any atom is -0.507 e. The zero-order chi connectivity index (χ0) is 25.3. The molecule has 1 aliphatic heterocycles. The quantitative estimate of drug-likeness (QED) is 0.538. The molecule has 0 spiro atoms. The van der Waals surface area contributed by atoms with E-state index in [1.807, 2.05) is 31.2 Å². The average Bonchev–Trinajstić information content (AvgIpc) is 2.72. The Morgan fingerprint density at radius 2 is 1.20 bits per heavy atom. The zero-order valence-corrected chi connectivity index (χ0v) is 21.1. The topological polar surface area (TPSA) is 77.8 Å². The van der Waals surface area contributed by atoms with E-state index in [1.165, 1.54) is 12.1 Å². The molecule has 3 aliphatic rings. The zero-order valence-electron chi connectivity index (χ0n) is 21.1. The first-order valence-corrected chi connectivity index (χ1v) is 12.3. The summed E-state index contributed by atoms with van der Waals surface area (Å²) in [6.07, 6.45) is 2.00. The number of allylic oxidation sites excluding steroid dienone is 4. The predicted molar refractivity (Wildman–Crippen MR) is 136 cm³/mol. The molecule has 0 bridgehead atoms. The van der Waals surface area contributed by atoms with Gasteiger partial charge < -0.3 is 15.1 Å². The smallest absolute Gasteiger partial charge is 0.162 e. The van der Waals surface area contributed by atoms with Crippen LogP contribution in [0.15, 0.2) is 65.0 Å². The Morgan fingerprint density at radius 1 is 0.743 bits per heavy atom. The van der Waals surface area contributed by atoms with Crippen LogP contribution in [0.1, 0.15) is 70.4 Å². The lowest BCUT2D eigenvalue weighted by Crippen LogP contribution is -2.44. The number of aromatic hydroxyl groups is 2. The fraction of sp³-hybridized carbons (Fsp3) is 0.400. The molecule has 5 rings (SSSR count). The normalized spacial score (nSPS) is 21.8. The number of rotatable bonds is 2. The SMILES string of the molecule is Cc1ccc(N2C3=C(C(=O)CC(C)(C)C3)C(c3c(O)cccc3O)C3=C2CC(C)(C)CC3=O)cc1. The molecule has 5 heteroatoms. The molecule has 2 aromatic rings. The summed E-state index contributed by atoms with van der Waals surface area (Å²) in [6, 6.07) is 12.8. The summed E-state index contributed by atoms with van der Waals surface area (Å²) >= 11 is 0. The van der Waals surface area contributed by atoms with Gasteiger partial charge in [0.25, 0.3) is 0 Å². The lowest BCUT2D eigenvalue weighted by atomic mass is 9.63. The summed E-state index contributed by atoms with van der Waals surface area (Å²) in [4.78, 5) is 29.8. The first kappa shape index (κ1) is 23.4. The van der Waals surface area contributed by atoms with Crippen LogP contribution >= 0.6 is 0 Å². The number of aryl methyl sites for hydroxylation is 1. The Kier molecular flexibility index (Phi) is 5.24. The lowest BCUT2D eigenvalue weighted by Gasteiger charge is -2.49. The highest BCUT2D eigenvalue weighted by atomic mass is 16.3. The van der Waals surface area contributed by atoms with Crippen molar-refractivity contribution in [3.63, 3.8) is 0 Å². The van der Waals surface area contributed by atoms with Crippen LogP contribution in [0.25, 0.3) is 0 Å². The van der Waals surface area contributed by atoms with Crippen molar-refractivity contribution in [2.45, 2.75) is 66.2 Å². The van der Waals surface area contributed by atoms with E-state index in [0.29, 0.717) is 36.8 Å². The molecule has 0 unspecified atom stereocenters. The molecular formula is C30H33NO4. The van der Waals surface area contributed by atoms with E-state index in [1.54, 1.807) is 6.07 Å². The van der Waals surface area contributed by atoms with Crippen LogP contribution in [-0.2, 0) is 9.59 Å². The summed E-state index contributed by atoms with van der Waals surface area (Å²) in [6.45, 7) is 10.4. The lowest BCUT2D eigenvalue weighted by molar-refractivity contribution is -0.119. The molecule has 2 aromatic carbocycles. The number of nitrogens with zero attached hydrogens (tertiary/aromatic N) is 1. The number of hydrogen-bond acceptors (Lipinski definition) is 5. The molecule has 5 nitrogen and oxygen atoms in total. The second-order valence-electron chi connectivity index (χ2n) is 11.9. The molecule has 2 N–H and O–H groups in total. The maximum atomic E-state index is 13.8. The van der Waals surface area contributed by atoms with Crippen LogP contribution in [0.2, 0.25) is 0 Å². The van der Waals surface area contributed by atoms with Crippen LogP contribution in [0.5, 0.6) is 11.5 Å². The second kappa shape index (κ2) is 7.84. The van der Waals surface area contributed by atoms with Crippen molar-refractivity contribution in [3.8, 4) is 11.5 Å². The largest absolute Gasteiger partial charge is 0.507 e. The van der Waals surface area contributed by atoms with Gasteiger partial charge in [-0.15, -0.1) is 0 Å². The molecule has 0 radical (unpaired) electrons. The highest BCUT2D eigenvalue weighted by Gasteiger charge is 2.50. The first-order chi connectivity index (χ1) is 16.4. The highest BCUT2D eigenvalue weighted by Crippen LogP contribution is 2.57. The van der Waals surface area contributed by atoms with Gasteiger partial charge in [0.1, 0.15) is 11.5 Å². The van der Waals surface area contributed by atoms with Crippen molar-refractivity contribution in [2.75, 3.05) is 4.90 Å². The molecule has 0 saturated carbocycles. The summed E-state index contributed by atoms with van der Waals surface area (Å²) in [5, 5.41) is 21.7. The number of hydrogen-bond donors (Lipinski definition) is 2. The van der Waals surface area contributed by atoms with E-state index in [9.17, 15) is 19.8 Å². The van der Waals surface area contributed by atoms with Gasteiger partial charge in [0.15, 0.2) is 11.6 Å². The average molecular weight is 472 g/mol. The van der Waals surface area contributed by atoms with Gasteiger partial charge in [-0.2, -0.15) is 0 Å². The maximum absolute atomic E-state index is 13.8. The van der Waals surface area contributed by atoms with Crippen LogP contribution in [0, 0.1) is 17.8 Å². The van der Waals surface area contributed by atoms with Gasteiger partial charge in [0.05, 0.1) is 5.92 Å². The van der Waals surface area contributed by atoms with E-state index >= 15 is 0 Å². The molecule has 1 heterocycles. The number of anilines is 1.